The molecule has 0 rings (SSSR count). The van der Waals surface area contributed by atoms with Gasteiger partial charge in [-0.25, -0.2) is 0 Å². The first-order chi connectivity index (χ1) is 4.39. The fourth-order valence-electron chi connectivity index (χ4n) is 0.636. The van der Waals surface area contributed by atoms with Crippen molar-refractivity contribution >= 4 is 5.91 Å². The van der Waals surface area contributed by atoms with E-state index in [-0.39, 0.29) is 5.91 Å². The molecule has 10 heavy (non-hydrogen) atoms. The number of hydrogen-bond donors (Lipinski definition) is 1. The molecule has 0 heterocycles. The molecular formula is C7H16N2O. The highest BCUT2D eigenvalue weighted by molar-refractivity contribution is 5.84. The molecule has 0 aromatic rings. The van der Waals surface area contributed by atoms with Crippen LogP contribution in [-0.4, -0.2) is 29.9 Å². The van der Waals surface area contributed by atoms with Crippen molar-refractivity contribution in [2.75, 3.05) is 13.6 Å². The van der Waals surface area contributed by atoms with Crippen LogP contribution in [0, 0.1) is 0 Å². The van der Waals surface area contributed by atoms with E-state index in [1.54, 1.807) is 25.8 Å². The van der Waals surface area contributed by atoms with E-state index in [1.807, 2.05) is 6.92 Å². The Morgan fingerprint density at radius 3 is 2.10 bits per heavy atom. The fourth-order valence-corrected chi connectivity index (χ4v) is 0.636. The van der Waals surface area contributed by atoms with E-state index in [9.17, 15) is 4.79 Å². The van der Waals surface area contributed by atoms with Gasteiger partial charge in [-0.3, -0.25) is 4.79 Å². The average molecular weight is 144 g/mol. The van der Waals surface area contributed by atoms with Gasteiger partial charge < -0.3 is 10.6 Å². The first-order valence-electron chi connectivity index (χ1n) is 3.44. The maximum absolute atomic E-state index is 11.2. The van der Waals surface area contributed by atoms with Crippen molar-refractivity contribution in [3.8, 4) is 0 Å². The molecule has 0 radical (unpaired) electrons. The van der Waals surface area contributed by atoms with Gasteiger partial charge >= 0.3 is 0 Å². The Bertz CT molecular complexity index is 126. The second-order valence-electron chi connectivity index (χ2n) is 3.04. The first-order valence-corrected chi connectivity index (χ1v) is 3.44. The normalized spacial score (nSPS) is 11.3. The van der Waals surface area contributed by atoms with Crippen molar-refractivity contribution < 1.29 is 4.79 Å². The molecule has 0 saturated carbocycles. The van der Waals surface area contributed by atoms with E-state index in [0.717, 1.165) is 0 Å². The molecule has 3 heteroatoms. The summed E-state index contributed by atoms with van der Waals surface area (Å²) in [6.45, 7) is 6.05. The van der Waals surface area contributed by atoms with Gasteiger partial charge in [-0.15, -0.1) is 0 Å². The summed E-state index contributed by atoms with van der Waals surface area (Å²) < 4.78 is 0. The molecule has 0 aromatic carbocycles. The zero-order valence-electron chi connectivity index (χ0n) is 7.14. The average Bonchev–Trinajstić information content (AvgIpc) is 1.83. The first kappa shape index (κ1) is 9.43. The minimum absolute atomic E-state index is 0.0185. The lowest BCUT2D eigenvalue weighted by atomic mass is 10.1. The predicted octanol–water partition coefficient (Wildman–Crippen LogP) is 0.202. The van der Waals surface area contributed by atoms with Crippen LogP contribution < -0.4 is 5.73 Å². The van der Waals surface area contributed by atoms with Crippen molar-refractivity contribution in [2.24, 2.45) is 5.73 Å². The molecule has 3 nitrogen and oxygen atoms in total. The Morgan fingerprint density at radius 2 is 2.00 bits per heavy atom. The summed E-state index contributed by atoms with van der Waals surface area (Å²) in [5.41, 5.74) is 4.83. The van der Waals surface area contributed by atoms with Gasteiger partial charge in [0.2, 0.25) is 5.91 Å². The number of nitrogens with zero attached hydrogens (tertiary/aromatic N) is 1. The summed E-state index contributed by atoms with van der Waals surface area (Å²) >= 11 is 0. The van der Waals surface area contributed by atoms with Crippen LogP contribution in [0.5, 0.6) is 0 Å². The minimum Gasteiger partial charge on any atom is -0.344 e. The summed E-state index contributed by atoms with van der Waals surface area (Å²) in [5.74, 6) is -0.0185. The molecule has 0 unspecified atom stereocenters. The second kappa shape index (κ2) is 3.01. The second-order valence-corrected chi connectivity index (χ2v) is 3.04. The largest absolute Gasteiger partial charge is 0.344 e. The monoisotopic (exact) mass is 144 g/mol. The van der Waals surface area contributed by atoms with Crippen LogP contribution in [0.2, 0.25) is 0 Å². The Kier molecular flexibility index (Phi) is 2.84. The molecular weight excluding hydrogens is 128 g/mol. The number of carbonyl (C=O) groups excluding carboxylic acids is 1. The van der Waals surface area contributed by atoms with E-state index >= 15 is 0 Å². The summed E-state index contributed by atoms with van der Waals surface area (Å²) in [6, 6.07) is 0. The summed E-state index contributed by atoms with van der Waals surface area (Å²) in [5, 5.41) is 0. The van der Waals surface area contributed by atoms with Crippen LogP contribution in [0.3, 0.4) is 0 Å². The molecule has 60 valence electrons. The number of carbonyl (C=O) groups is 1. The topological polar surface area (TPSA) is 46.3 Å². The van der Waals surface area contributed by atoms with Crippen molar-refractivity contribution in [2.45, 2.75) is 26.3 Å². The lowest BCUT2D eigenvalue weighted by molar-refractivity contribution is -0.134. The third kappa shape index (κ3) is 2.35. The Morgan fingerprint density at radius 1 is 1.60 bits per heavy atom. The van der Waals surface area contributed by atoms with Crippen LogP contribution >= 0.6 is 0 Å². The maximum atomic E-state index is 11.2. The Labute approximate surface area is 62.2 Å². The highest BCUT2D eigenvalue weighted by Crippen LogP contribution is 2.01. The molecule has 2 N–H and O–H groups in total. The van der Waals surface area contributed by atoms with Gasteiger partial charge in [-0.1, -0.05) is 0 Å². The van der Waals surface area contributed by atoms with Gasteiger partial charge in [-0.2, -0.15) is 0 Å². The number of rotatable bonds is 2. The smallest absolute Gasteiger partial charge is 0.241 e. The lowest BCUT2D eigenvalue weighted by Crippen LogP contribution is -2.49. The van der Waals surface area contributed by atoms with E-state index in [1.165, 1.54) is 0 Å². The molecule has 0 spiro atoms. The van der Waals surface area contributed by atoms with Crippen LogP contribution in [0.25, 0.3) is 0 Å². The number of amides is 1. The molecule has 0 aromatic heterocycles. The van der Waals surface area contributed by atoms with E-state index < -0.39 is 5.54 Å². The van der Waals surface area contributed by atoms with Crippen LogP contribution in [0.1, 0.15) is 20.8 Å². The van der Waals surface area contributed by atoms with E-state index in [4.69, 9.17) is 5.73 Å². The molecule has 0 saturated heterocycles. The van der Waals surface area contributed by atoms with Crippen LogP contribution in [-0.2, 0) is 4.79 Å². The lowest BCUT2D eigenvalue weighted by Gasteiger charge is -2.24. The van der Waals surface area contributed by atoms with Crippen molar-refractivity contribution in [3.05, 3.63) is 0 Å². The van der Waals surface area contributed by atoms with E-state index in [2.05, 4.69) is 0 Å². The highest BCUT2D eigenvalue weighted by atomic mass is 16.2. The van der Waals surface area contributed by atoms with E-state index in [0.29, 0.717) is 6.54 Å². The van der Waals surface area contributed by atoms with Gasteiger partial charge in [0.05, 0.1) is 5.54 Å². The molecule has 0 bridgehead atoms. The van der Waals surface area contributed by atoms with Crippen LogP contribution in [0.15, 0.2) is 0 Å². The summed E-state index contributed by atoms with van der Waals surface area (Å²) in [4.78, 5) is 12.8. The van der Waals surface area contributed by atoms with Crippen LogP contribution in [0.4, 0.5) is 0 Å². The fraction of sp³-hybridized carbons (Fsp3) is 0.857. The van der Waals surface area contributed by atoms with Gasteiger partial charge in [-0.05, 0) is 20.8 Å². The van der Waals surface area contributed by atoms with Crippen molar-refractivity contribution in [1.29, 1.82) is 0 Å². The molecule has 0 aliphatic carbocycles. The predicted molar refractivity (Wildman–Crippen MR) is 41.6 cm³/mol. The third-order valence-electron chi connectivity index (χ3n) is 1.37. The molecule has 0 aliphatic rings. The van der Waals surface area contributed by atoms with Gasteiger partial charge in [0.15, 0.2) is 0 Å². The SMILES string of the molecule is CCN(C)C(=O)C(C)(C)N. The highest BCUT2D eigenvalue weighted by Gasteiger charge is 2.24. The quantitative estimate of drug-likeness (QED) is 0.602. The standard InChI is InChI=1S/C7H16N2O/c1-5-9(4)6(10)7(2,3)8/h5,8H2,1-4H3. The summed E-state index contributed by atoms with van der Waals surface area (Å²) in [7, 11) is 1.75. The molecule has 0 fully saturated rings. The Hall–Kier alpha value is -0.570. The van der Waals surface area contributed by atoms with Gasteiger partial charge in [0.25, 0.3) is 0 Å². The third-order valence-corrected chi connectivity index (χ3v) is 1.37. The number of likely N-dealkylation sites (N-methyl/N-ethyl adjacent to an activating group) is 1. The van der Waals surface area contributed by atoms with Crippen molar-refractivity contribution in [1.82, 2.24) is 4.90 Å². The maximum Gasteiger partial charge on any atom is 0.241 e. The Balaban J connectivity index is 4.09. The summed E-state index contributed by atoms with van der Waals surface area (Å²) in [6.07, 6.45) is 0. The van der Waals surface area contributed by atoms with Gasteiger partial charge in [0.1, 0.15) is 0 Å². The number of hydrogen-bond acceptors (Lipinski definition) is 2. The number of nitrogens with two attached hydrogens (primary N) is 1. The molecule has 0 aliphatic heterocycles. The van der Waals surface area contributed by atoms with Crippen molar-refractivity contribution in [3.63, 3.8) is 0 Å². The zero-order valence-corrected chi connectivity index (χ0v) is 7.14. The molecule has 0 atom stereocenters. The van der Waals surface area contributed by atoms with Gasteiger partial charge in [0, 0.05) is 13.6 Å². The minimum atomic E-state index is -0.731. The zero-order chi connectivity index (χ0) is 8.36. The molecule has 1 amide bonds.